The molecule has 0 saturated carbocycles. The zero-order valence-electron chi connectivity index (χ0n) is 14.1. The average Bonchev–Trinajstić information content (AvgIpc) is 3.27. The van der Waals surface area contributed by atoms with Gasteiger partial charge in [0.2, 0.25) is 5.95 Å². The fourth-order valence-corrected chi connectivity index (χ4v) is 3.23. The van der Waals surface area contributed by atoms with Crippen molar-refractivity contribution < 1.29 is 0 Å². The zero-order valence-corrected chi connectivity index (χ0v) is 14.1. The highest BCUT2D eigenvalue weighted by atomic mass is 15.2. The number of likely N-dealkylation sites (tertiary alicyclic amines) is 1. The van der Waals surface area contributed by atoms with Crippen molar-refractivity contribution in [1.82, 2.24) is 34.8 Å². The Morgan fingerprint density at radius 3 is 2.88 bits per heavy atom. The standard InChI is InChI=1S/C17H20N8/c1-12-22-13(10-15(23-12)24-17-20-5-3-6-21-17)14-4-2-9-25(14)11-16-18-7-8-19-16/h3,5-8,10,14H,2,4,9,11H2,1H3,(H,18,19)(H,20,21,22,23,24)/t14-/m0/s1. The highest BCUT2D eigenvalue weighted by molar-refractivity contribution is 5.48. The second kappa shape index (κ2) is 6.94. The summed E-state index contributed by atoms with van der Waals surface area (Å²) in [6.45, 7) is 3.75. The minimum absolute atomic E-state index is 0.268. The second-order valence-corrected chi connectivity index (χ2v) is 6.09. The van der Waals surface area contributed by atoms with Crippen molar-refractivity contribution in [3.8, 4) is 0 Å². The molecule has 0 spiro atoms. The van der Waals surface area contributed by atoms with Gasteiger partial charge in [-0.15, -0.1) is 0 Å². The molecule has 4 heterocycles. The Morgan fingerprint density at radius 2 is 2.08 bits per heavy atom. The van der Waals surface area contributed by atoms with Gasteiger partial charge < -0.3 is 10.3 Å². The topological polar surface area (TPSA) is 95.5 Å². The van der Waals surface area contributed by atoms with Crippen LogP contribution in [0.25, 0.3) is 0 Å². The number of rotatable bonds is 5. The van der Waals surface area contributed by atoms with Crippen LogP contribution in [-0.4, -0.2) is 41.3 Å². The number of anilines is 2. The molecule has 1 aliphatic rings. The number of nitrogens with zero attached hydrogens (tertiary/aromatic N) is 6. The third kappa shape index (κ3) is 3.63. The summed E-state index contributed by atoms with van der Waals surface area (Å²) in [4.78, 5) is 27.4. The van der Waals surface area contributed by atoms with Crippen LogP contribution >= 0.6 is 0 Å². The summed E-state index contributed by atoms with van der Waals surface area (Å²) < 4.78 is 0. The summed E-state index contributed by atoms with van der Waals surface area (Å²) in [7, 11) is 0. The van der Waals surface area contributed by atoms with Gasteiger partial charge in [-0.2, -0.15) is 0 Å². The molecule has 3 aromatic heterocycles. The lowest BCUT2D eigenvalue weighted by Crippen LogP contribution is -2.24. The van der Waals surface area contributed by atoms with Crippen LogP contribution in [0.1, 0.15) is 36.2 Å². The second-order valence-electron chi connectivity index (χ2n) is 6.09. The first kappa shape index (κ1) is 15.6. The molecule has 0 amide bonds. The average molecular weight is 336 g/mol. The van der Waals surface area contributed by atoms with Gasteiger partial charge in [0.1, 0.15) is 17.5 Å². The van der Waals surface area contributed by atoms with E-state index in [1.165, 1.54) is 0 Å². The van der Waals surface area contributed by atoms with E-state index in [9.17, 15) is 0 Å². The third-order valence-electron chi connectivity index (χ3n) is 4.28. The SMILES string of the molecule is Cc1nc(Nc2ncccn2)cc([C@@H]2CCCN2Cc2ncc[nH]2)n1. The molecule has 1 saturated heterocycles. The molecule has 0 bridgehead atoms. The van der Waals surface area contributed by atoms with Gasteiger partial charge in [0.15, 0.2) is 0 Å². The summed E-state index contributed by atoms with van der Waals surface area (Å²) in [6.07, 6.45) is 9.28. The Kier molecular flexibility index (Phi) is 4.34. The molecule has 0 aliphatic carbocycles. The first-order chi connectivity index (χ1) is 12.3. The van der Waals surface area contributed by atoms with E-state index < -0.39 is 0 Å². The third-order valence-corrected chi connectivity index (χ3v) is 4.28. The van der Waals surface area contributed by atoms with E-state index in [1.54, 1.807) is 24.7 Å². The van der Waals surface area contributed by atoms with Gasteiger partial charge >= 0.3 is 0 Å². The van der Waals surface area contributed by atoms with Crippen molar-refractivity contribution in [2.24, 2.45) is 0 Å². The molecular weight excluding hydrogens is 316 g/mol. The summed E-state index contributed by atoms with van der Waals surface area (Å²) in [5.41, 5.74) is 1.02. The molecule has 1 aliphatic heterocycles. The molecule has 8 heteroatoms. The Morgan fingerprint density at radius 1 is 1.20 bits per heavy atom. The summed E-state index contributed by atoms with van der Waals surface area (Å²) in [5.74, 6) is 2.97. The van der Waals surface area contributed by atoms with Crippen molar-refractivity contribution in [2.45, 2.75) is 32.4 Å². The molecule has 2 N–H and O–H groups in total. The van der Waals surface area contributed by atoms with Crippen LogP contribution in [0.15, 0.2) is 36.9 Å². The Hall–Kier alpha value is -2.87. The van der Waals surface area contributed by atoms with E-state index in [-0.39, 0.29) is 6.04 Å². The molecule has 25 heavy (non-hydrogen) atoms. The van der Waals surface area contributed by atoms with Crippen molar-refractivity contribution in [3.05, 3.63) is 54.3 Å². The smallest absolute Gasteiger partial charge is 0.228 e. The molecule has 0 unspecified atom stereocenters. The number of nitrogens with one attached hydrogen (secondary N) is 2. The fourth-order valence-electron chi connectivity index (χ4n) is 3.23. The largest absolute Gasteiger partial charge is 0.348 e. The first-order valence-corrected chi connectivity index (χ1v) is 8.40. The highest BCUT2D eigenvalue weighted by Crippen LogP contribution is 2.32. The first-order valence-electron chi connectivity index (χ1n) is 8.40. The predicted octanol–water partition coefficient (Wildman–Crippen LogP) is 2.38. The molecule has 0 aromatic carbocycles. The van der Waals surface area contributed by atoms with E-state index in [2.05, 4.69) is 40.1 Å². The van der Waals surface area contributed by atoms with Crippen molar-refractivity contribution in [3.63, 3.8) is 0 Å². The summed E-state index contributed by atoms with van der Waals surface area (Å²) >= 11 is 0. The van der Waals surface area contributed by atoms with Gasteiger partial charge in [0, 0.05) is 30.9 Å². The molecule has 1 atom stereocenters. The lowest BCUT2D eigenvalue weighted by Gasteiger charge is -2.23. The van der Waals surface area contributed by atoms with Crippen LogP contribution in [0, 0.1) is 6.92 Å². The monoisotopic (exact) mass is 336 g/mol. The van der Waals surface area contributed by atoms with Crippen LogP contribution in [0.5, 0.6) is 0 Å². The molecule has 128 valence electrons. The van der Waals surface area contributed by atoms with Gasteiger partial charge in [-0.3, -0.25) is 4.90 Å². The molecule has 0 radical (unpaired) electrons. The van der Waals surface area contributed by atoms with Crippen LogP contribution < -0.4 is 5.32 Å². The molecule has 8 nitrogen and oxygen atoms in total. The number of aryl methyl sites for hydroxylation is 1. The Bertz CT molecular complexity index is 818. The number of H-pyrrole nitrogens is 1. The van der Waals surface area contributed by atoms with Crippen LogP contribution in [0.2, 0.25) is 0 Å². The number of aromatic nitrogens is 6. The normalized spacial score (nSPS) is 17.7. The predicted molar refractivity (Wildman–Crippen MR) is 93.1 cm³/mol. The van der Waals surface area contributed by atoms with Crippen molar-refractivity contribution >= 4 is 11.8 Å². The highest BCUT2D eigenvalue weighted by Gasteiger charge is 2.28. The summed E-state index contributed by atoms with van der Waals surface area (Å²) in [5, 5.41) is 3.16. The van der Waals surface area contributed by atoms with Crippen molar-refractivity contribution in [1.29, 1.82) is 0 Å². The number of imidazole rings is 1. The van der Waals surface area contributed by atoms with Gasteiger partial charge in [0.05, 0.1) is 18.3 Å². The Labute approximate surface area is 145 Å². The van der Waals surface area contributed by atoms with Gasteiger partial charge in [-0.1, -0.05) is 0 Å². The quantitative estimate of drug-likeness (QED) is 0.738. The lowest BCUT2D eigenvalue weighted by atomic mass is 10.1. The molecule has 3 aromatic rings. The number of aromatic amines is 1. The van der Waals surface area contributed by atoms with E-state index >= 15 is 0 Å². The molecule has 1 fully saturated rings. The van der Waals surface area contributed by atoms with Crippen LogP contribution in [-0.2, 0) is 6.54 Å². The molecular formula is C17H20N8. The van der Waals surface area contributed by atoms with E-state index in [1.807, 2.05) is 19.2 Å². The lowest BCUT2D eigenvalue weighted by molar-refractivity contribution is 0.238. The van der Waals surface area contributed by atoms with Crippen molar-refractivity contribution in [2.75, 3.05) is 11.9 Å². The summed E-state index contributed by atoms with van der Waals surface area (Å²) in [6, 6.07) is 4.05. The number of hydrogen-bond donors (Lipinski definition) is 2. The van der Waals surface area contributed by atoms with Gasteiger partial charge in [-0.25, -0.2) is 24.9 Å². The number of hydrogen-bond acceptors (Lipinski definition) is 7. The van der Waals surface area contributed by atoms with Crippen LogP contribution in [0.4, 0.5) is 11.8 Å². The maximum Gasteiger partial charge on any atom is 0.228 e. The van der Waals surface area contributed by atoms with E-state index in [4.69, 9.17) is 0 Å². The van der Waals surface area contributed by atoms with E-state index in [0.717, 1.165) is 49.1 Å². The van der Waals surface area contributed by atoms with E-state index in [0.29, 0.717) is 5.95 Å². The van der Waals surface area contributed by atoms with Gasteiger partial charge in [-0.05, 0) is 32.4 Å². The maximum atomic E-state index is 4.67. The van der Waals surface area contributed by atoms with Crippen LogP contribution in [0.3, 0.4) is 0 Å². The van der Waals surface area contributed by atoms with Gasteiger partial charge in [0.25, 0.3) is 0 Å². The minimum atomic E-state index is 0.268. The zero-order chi connectivity index (χ0) is 17.1. The molecule has 4 rings (SSSR count). The minimum Gasteiger partial charge on any atom is -0.348 e. The Balaban J connectivity index is 1.56. The maximum absolute atomic E-state index is 4.67. The fraction of sp³-hybridized carbons (Fsp3) is 0.353.